The van der Waals surface area contributed by atoms with E-state index >= 15 is 0 Å². The number of pyridine rings is 1. The van der Waals surface area contributed by atoms with Crippen LogP contribution in [0.2, 0.25) is 5.02 Å². The lowest BCUT2D eigenvalue weighted by molar-refractivity contribution is 0.300. The van der Waals surface area contributed by atoms with Crippen molar-refractivity contribution in [3.63, 3.8) is 0 Å². The van der Waals surface area contributed by atoms with Gasteiger partial charge in [-0.25, -0.2) is 4.98 Å². The molecule has 0 bridgehead atoms. The highest BCUT2D eigenvalue weighted by atomic mass is 35.5. The zero-order valence-corrected chi connectivity index (χ0v) is 8.96. The van der Waals surface area contributed by atoms with Crippen LogP contribution >= 0.6 is 11.6 Å². The number of aromatic nitrogens is 1. The number of hydrogen-bond donors (Lipinski definition) is 0. The molecule has 0 fully saturated rings. The average molecular weight is 236 g/mol. The number of nitrogens with zero attached hydrogens (tertiary/aromatic N) is 1. The van der Waals surface area contributed by atoms with Crippen molar-refractivity contribution in [1.29, 1.82) is 0 Å². The Bertz CT molecular complexity index is 571. The van der Waals surface area contributed by atoms with Gasteiger partial charge < -0.3 is 4.74 Å². The van der Waals surface area contributed by atoms with Crippen LogP contribution in [0.3, 0.4) is 0 Å². The van der Waals surface area contributed by atoms with Gasteiger partial charge in [-0.15, -0.1) is 0 Å². The summed E-state index contributed by atoms with van der Waals surface area (Å²) in [6.07, 6.45) is 1.44. The normalized spacial score (nSPS) is 12.6. The number of hydrogen-bond acceptors (Lipinski definition) is 2. The Morgan fingerprint density at radius 2 is 2.19 bits per heavy atom. The zero-order valence-electron chi connectivity index (χ0n) is 8.21. The SMILES string of the molecule is Fc1nccc2c1-c1ccc(Cl)cc1OC2. The van der Waals surface area contributed by atoms with Crippen molar-refractivity contribution < 1.29 is 9.13 Å². The number of fused-ring (bicyclic) bond motifs is 3. The van der Waals surface area contributed by atoms with Gasteiger partial charge in [-0.05, 0) is 24.3 Å². The van der Waals surface area contributed by atoms with Gasteiger partial charge in [-0.3, -0.25) is 0 Å². The Hall–Kier alpha value is -1.61. The summed E-state index contributed by atoms with van der Waals surface area (Å²) < 4.78 is 19.2. The summed E-state index contributed by atoms with van der Waals surface area (Å²) in [5, 5.41) is 0.575. The molecule has 1 aliphatic heterocycles. The van der Waals surface area contributed by atoms with E-state index in [1.54, 1.807) is 24.3 Å². The fourth-order valence-corrected chi connectivity index (χ4v) is 2.02. The largest absolute Gasteiger partial charge is 0.488 e. The van der Waals surface area contributed by atoms with Gasteiger partial charge in [0.1, 0.15) is 12.4 Å². The highest BCUT2D eigenvalue weighted by Gasteiger charge is 2.21. The minimum atomic E-state index is -0.468. The molecule has 0 radical (unpaired) electrons. The summed E-state index contributed by atoms with van der Waals surface area (Å²) in [5.41, 5.74) is 2.03. The van der Waals surface area contributed by atoms with Crippen LogP contribution in [0, 0.1) is 5.95 Å². The average Bonchev–Trinajstić information content (AvgIpc) is 2.29. The Kier molecular flexibility index (Phi) is 2.07. The highest BCUT2D eigenvalue weighted by molar-refractivity contribution is 6.30. The summed E-state index contributed by atoms with van der Waals surface area (Å²) in [5.74, 6) is 0.135. The highest BCUT2D eigenvalue weighted by Crippen LogP contribution is 2.39. The summed E-state index contributed by atoms with van der Waals surface area (Å²) in [6.45, 7) is 0.349. The van der Waals surface area contributed by atoms with E-state index in [4.69, 9.17) is 16.3 Å². The molecule has 1 aromatic heterocycles. The first kappa shape index (κ1) is 9.60. The first-order valence-electron chi connectivity index (χ1n) is 4.82. The monoisotopic (exact) mass is 235 g/mol. The van der Waals surface area contributed by atoms with E-state index in [1.807, 2.05) is 0 Å². The molecule has 0 amide bonds. The molecule has 1 aliphatic rings. The van der Waals surface area contributed by atoms with Crippen LogP contribution in [0.25, 0.3) is 11.1 Å². The molecule has 0 N–H and O–H groups in total. The topological polar surface area (TPSA) is 22.1 Å². The second kappa shape index (κ2) is 3.46. The van der Waals surface area contributed by atoms with Crippen LogP contribution < -0.4 is 4.74 Å². The van der Waals surface area contributed by atoms with Crippen molar-refractivity contribution in [3.8, 4) is 16.9 Å². The molecule has 80 valence electrons. The molecule has 16 heavy (non-hydrogen) atoms. The number of ether oxygens (including phenoxy) is 1. The minimum absolute atomic E-state index is 0.349. The van der Waals surface area contributed by atoms with E-state index in [9.17, 15) is 4.39 Å². The lowest BCUT2D eigenvalue weighted by atomic mass is 9.99. The molecule has 4 heteroatoms. The molecule has 2 aromatic rings. The molecule has 0 atom stereocenters. The van der Waals surface area contributed by atoms with Crippen molar-refractivity contribution in [2.45, 2.75) is 6.61 Å². The maximum Gasteiger partial charge on any atom is 0.221 e. The van der Waals surface area contributed by atoms with Gasteiger partial charge in [0.2, 0.25) is 5.95 Å². The molecule has 3 rings (SSSR count). The van der Waals surface area contributed by atoms with Gasteiger partial charge in [0, 0.05) is 27.9 Å². The van der Waals surface area contributed by atoms with E-state index in [0.717, 1.165) is 5.56 Å². The third kappa shape index (κ3) is 1.36. The standard InChI is InChI=1S/C12H7ClFNO/c13-8-1-2-9-10(5-8)16-6-7-3-4-15-12(14)11(7)9/h1-5H,6H2. The molecule has 0 saturated carbocycles. The fraction of sp³-hybridized carbons (Fsp3) is 0.0833. The van der Waals surface area contributed by atoms with Gasteiger partial charge in [-0.1, -0.05) is 11.6 Å². The molecular weight excluding hydrogens is 229 g/mol. The summed E-state index contributed by atoms with van der Waals surface area (Å²) in [6, 6.07) is 6.91. The maximum atomic E-state index is 13.7. The van der Waals surface area contributed by atoms with Crippen LogP contribution in [0.5, 0.6) is 5.75 Å². The number of benzene rings is 1. The lowest BCUT2D eigenvalue weighted by Crippen LogP contribution is -2.07. The third-order valence-electron chi connectivity index (χ3n) is 2.59. The molecule has 0 saturated heterocycles. The number of rotatable bonds is 0. The lowest BCUT2D eigenvalue weighted by Gasteiger charge is -2.20. The molecule has 0 unspecified atom stereocenters. The van der Waals surface area contributed by atoms with Gasteiger partial charge in [-0.2, -0.15) is 4.39 Å². The van der Waals surface area contributed by atoms with Crippen molar-refractivity contribution in [2.24, 2.45) is 0 Å². The van der Waals surface area contributed by atoms with Gasteiger partial charge in [0.15, 0.2) is 0 Å². The first-order valence-corrected chi connectivity index (χ1v) is 5.19. The van der Waals surface area contributed by atoms with Gasteiger partial charge in [0.05, 0.1) is 0 Å². The van der Waals surface area contributed by atoms with Crippen LogP contribution in [0.4, 0.5) is 4.39 Å². The van der Waals surface area contributed by atoms with Crippen LogP contribution in [-0.4, -0.2) is 4.98 Å². The first-order chi connectivity index (χ1) is 7.75. The smallest absolute Gasteiger partial charge is 0.221 e. The summed E-state index contributed by atoms with van der Waals surface area (Å²) >= 11 is 5.85. The van der Waals surface area contributed by atoms with E-state index < -0.39 is 5.95 Å². The van der Waals surface area contributed by atoms with Crippen LogP contribution in [-0.2, 0) is 6.61 Å². The summed E-state index contributed by atoms with van der Waals surface area (Å²) in [7, 11) is 0. The molecular formula is C12H7ClFNO. The zero-order chi connectivity index (χ0) is 11.1. The minimum Gasteiger partial charge on any atom is -0.488 e. The molecule has 0 aliphatic carbocycles. The molecule has 1 aromatic carbocycles. The molecule has 2 nitrogen and oxygen atoms in total. The number of halogens is 2. The Balaban J connectivity index is 2.30. The quantitative estimate of drug-likeness (QED) is 0.653. The second-order valence-corrected chi connectivity index (χ2v) is 4.00. The Labute approximate surface area is 96.6 Å². The van der Waals surface area contributed by atoms with Gasteiger partial charge >= 0.3 is 0 Å². The summed E-state index contributed by atoms with van der Waals surface area (Å²) in [4.78, 5) is 3.66. The van der Waals surface area contributed by atoms with E-state index in [1.165, 1.54) is 6.20 Å². The predicted octanol–water partition coefficient (Wildman–Crippen LogP) is 3.43. The van der Waals surface area contributed by atoms with Crippen molar-refractivity contribution in [3.05, 3.63) is 47.0 Å². The molecule has 2 heterocycles. The fourth-order valence-electron chi connectivity index (χ4n) is 1.86. The van der Waals surface area contributed by atoms with Gasteiger partial charge in [0.25, 0.3) is 0 Å². The second-order valence-electron chi connectivity index (χ2n) is 3.57. The predicted molar refractivity (Wildman–Crippen MR) is 59.0 cm³/mol. The van der Waals surface area contributed by atoms with Crippen LogP contribution in [0.15, 0.2) is 30.5 Å². The van der Waals surface area contributed by atoms with E-state index in [2.05, 4.69) is 4.98 Å². The Morgan fingerprint density at radius 1 is 1.31 bits per heavy atom. The van der Waals surface area contributed by atoms with E-state index in [-0.39, 0.29) is 0 Å². The maximum absolute atomic E-state index is 13.7. The van der Waals surface area contributed by atoms with Crippen molar-refractivity contribution in [1.82, 2.24) is 4.98 Å². The Morgan fingerprint density at radius 3 is 3.06 bits per heavy atom. The van der Waals surface area contributed by atoms with Crippen molar-refractivity contribution >= 4 is 11.6 Å². The van der Waals surface area contributed by atoms with Crippen LogP contribution in [0.1, 0.15) is 5.56 Å². The molecule has 0 spiro atoms. The third-order valence-corrected chi connectivity index (χ3v) is 2.82. The van der Waals surface area contributed by atoms with E-state index in [0.29, 0.717) is 28.5 Å². The van der Waals surface area contributed by atoms with Crippen molar-refractivity contribution in [2.75, 3.05) is 0 Å².